The number of ether oxygens (including phenoxy) is 3. The summed E-state index contributed by atoms with van der Waals surface area (Å²) in [6.07, 6.45) is 0.768. The molecule has 0 unspecified atom stereocenters. The first-order valence-corrected chi connectivity index (χ1v) is 7.04. The molecule has 0 atom stereocenters. The fourth-order valence-electron chi connectivity index (χ4n) is 2.25. The Balaban J connectivity index is 2.55. The first-order chi connectivity index (χ1) is 11.0. The molecule has 8 heteroatoms. The zero-order chi connectivity index (χ0) is 17.0. The first kappa shape index (κ1) is 16.8. The fraction of sp³-hybridized carbons (Fsp3) is 0.267. The van der Waals surface area contributed by atoms with Crippen molar-refractivity contribution in [3.63, 3.8) is 0 Å². The van der Waals surface area contributed by atoms with Crippen LogP contribution >= 0.6 is 12.2 Å². The Bertz CT molecular complexity index is 815. The van der Waals surface area contributed by atoms with Gasteiger partial charge in [-0.05, 0) is 29.9 Å². The monoisotopic (exact) mass is 336 g/mol. The summed E-state index contributed by atoms with van der Waals surface area (Å²) in [5, 5.41) is 0. The Kier molecular flexibility index (Phi) is 5.17. The van der Waals surface area contributed by atoms with E-state index < -0.39 is 5.56 Å². The number of aldehydes is 1. The molecule has 0 spiro atoms. The standard InChI is InChI=1S/C15H16N2O5S/c1-20-11-5-8(6-12(21-2)13(11)22-3)4-9-10(7-18)16-15(23)17-14(9)19/h5-7H,4H2,1-3H3,(H2,16,17,19,23). The number of H-pyrrole nitrogens is 2. The average Bonchev–Trinajstić information content (AvgIpc) is 2.55. The highest BCUT2D eigenvalue weighted by Crippen LogP contribution is 2.38. The number of carbonyl (C=O) groups excluding carboxylic acids is 1. The third-order valence-corrected chi connectivity index (χ3v) is 3.50. The second kappa shape index (κ2) is 7.10. The van der Waals surface area contributed by atoms with Gasteiger partial charge in [-0.1, -0.05) is 0 Å². The number of nitrogens with one attached hydrogen (secondary N) is 2. The second-order valence-electron chi connectivity index (χ2n) is 4.63. The van der Waals surface area contributed by atoms with Gasteiger partial charge >= 0.3 is 0 Å². The molecule has 122 valence electrons. The maximum Gasteiger partial charge on any atom is 0.255 e. The van der Waals surface area contributed by atoms with Crippen molar-refractivity contribution < 1.29 is 19.0 Å². The van der Waals surface area contributed by atoms with Gasteiger partial charge < -0.3 is 19.2 Å². The molecule has 0 fully saturated rings. The lowest BCUT2D eigenvalue weighted by atomic mass is 10.0. The zero-order valence-electron chi connectivity index (χ0n) is 12.9. The summed E-state index contributed by atoms with van der Waals surface area (Å²) in [5.74, 6) is 1.39. The van der Waals surface area contributed by atoms with Crippen molar-refractivity contribution >= 4 is 18.5 Å². The van der Waals surface area contributed by atoms with E-state index >= 15 is 0 Å². The molecular weight excluding hydrogens is 320 g/mol. The summed E-state index contributed by atoms with van der Waals surface area (Å²) >= 11 is 4.86. The van der Waals surface area contributed by atoms with Crippen molar-refractivity contribution in [2.24, 2.45) is 0 Å². The van der Waals surface area contributed by atoms with Crippen LogP contribution in [0.3, 0.4) is 0 Å². The summed E-state index contributed by atoms with van der Waals surface area (Å²) in [4.78, 5) is 28.4. The number of aromatic nitrogens is 2. The lowest BCUT2D eigenvalue weighted by Crippen LogP contribution is -2.18. The number of methoxy groups -OCH3 is 3. The fourth-order valence-corrected chi connectivity index (χ4v) is 2.45. The molecule has 1 aromatic carbocycles. The van der Waals surface area contributed by atoms with Crippen LogP contribution in [0.1, 0.15) is 21.6 Å². The maximum atomic E-state index is 12.1. The van der Waals surface area contributed by atoms with Gasteiger partial charge in [0.05, 0.1) is 27.0 Å². The van der Waals surface area contributed by atoms with Gasteiger partial charge in [-0.3, -0.25) is 14.6 Å². The molecule has 2 rings (SSSR count). The predicted octanol–water partition coefficient (Wildman–Crippen LogP) is 1.86. The smallest absolute Gasteiger partial charge is 0.255 e. The molecule has 1 heterocycles. The molecule has 23 heavy (non-hydrogen) atoms. The Morgan fingerprint density at radius 1 is 1.09 bits per heavy atom. The molecule has 0 aliphatic rings. The van der Waals surface area contributed by atoms with E-state index in [-0.39, 0.29) is 22.4 Å². The Morgan fingerprint density at radius 2 is 1.70 bits per heavy atom. The number of hydrogen-bond donors (Lipinski definition) is 2. The summed E-state index contributed by atoms with van der Waals surface area (Å²) in [6.45, 7) is 0. The molecule has 0 aliphatic heterocycles. The number of aromatic amines is 2. The van der Waals surface area contributed by atoms with Crippen LogP contribution in [0.2, 0.25) is 0 Å². The number of benzene rings is 1. The lowest BCUT2D eigenvalue weighted by Gasteiger charge is -2.14. The van der Waals surface area contributed by atoms with E-state index in [0.29, 0.717) is 23.5 Å². The minimum atomic E-state index is -0.412. The van der Waals surface area contributed by atoms with Crippen LogP contribution in [0, 0.1) is 4.77 Å². The molecule has 0 radical (unpaired) electrons. The van der Waals surface area contributed by atoms with Gasteiger partial charge in [-0.2, -0.15) is 0 Å². The van der Waals surface area contributed by atoms with E-state index in [4.69, 9.17) is 26.4 Å². The van der Waals surface area contributed by atoms with E-state index in [2.05, 4.69) is 9.97 Å². The molecular formula is C15H16N2O5S. The van der Waals surface area contributed by atoms with Crippen LogP contribution in [-0.4, -0.2) is 37.6 Å². The third-order valence-electron chi connectivity index (χ3n) is 3.30. The van der Waals surface area contributed by atoms with Crippen molar-refractivity contribution in [1.82, 2.24) is 9.97 Å². The third kappa shape index (κ3) is 3.42. The van der Waals surface area contributed by atoms with Crippen molar-refractivity contribution in [2.75, 3.05) is 21.3 Å². The Morgan fingerprint density at radius 3 is 2.17 bits per heavy atom. The van der Waals surface area contributed by atoms with E-state index in [1.807, 2.05) is 0 Å². The molecule has 0 aliphatic carbocycles. The van der Waals surface area contributed by atoms with Gasteiger partial charge in [0.2, 0.25) is 5.75 Å². The van der Waals surface area contributed by atoms with Crippen LogP contribution in [0.15, 0.2) is 16.9 Å². The van der Waals surface area contributed by atoms with Crippen molar-refractivity contribution in [1.29, 1.82) is 0 Å². The van der Waals surface area contributed by atoms with E-state index in [0.717, 1.165) is 5.56 Å². The number of rotatable bonds is 6. The minimum absolute atomic E-state index is 0.103. The van der Waals surface area contributed by atoms with Crippen molar-refractivity contribution in [3.8, 4) is 17.2 Å². The minimum Gasteiger partial charge on any atom is -0.493 e. The molecule has 7 nitrogen and oxygen atoms in total. The lowest BCUT2D eigenvalue weighted by molar-refractivity contribution is 0.111. The highest BCUT2D eigenvalue weighted by atomic mass is 32.1. The summed E-state index contributed by atoms with van der Waals surface area (Å²) in [5.41, 5.74) is 0.735. The van der Waals surface area contributed by atoms with Gasteiger partial charge in [0.1, 0.15) is 0 Å². The van der Waals surface area contributed by atoms with Gasteiger partial charge in [0.15, 0.2) is 22.6 Å². The normalized spacial score (nSPS) is 10.2. The quantitative estimate of drug-likeness (QED) is 0.618. The van der Waals surface area contributed by atoms with Gasteiger partial charge in [0, 0.05) is 12.0 Å². The largest absolute Gasteiger partial charge is 0.493 e. The van der Waals surface area contributed by atoms with Crippen LogP contribution < -0.4 is 19.8 Å². The highest BCUT2D eigenvalue weighted by molar-refractivity contribution is 7.71. The SMILES string of the molecule is COc1cc(Cc2c(C=O)[nH]c(=S)[nH]c2=O)cc(OC)c1OC. The summed E-state index contributed by atoms with van der Waals surface area (Å²) in [6, 6.07) is 3.44. The number of carbonyl (C=O) groups is 1. The van der Waals surface area contributed by atoms with Crippen LogP contribution in [0.25, 0.3) is 0 Å². The van der Waals surface area contributed by atoms with E-state index in [1.165, 1.54) is 21.3 Å². The van der Waals surface area contributed by atoms with Crippen LogP contribution in [0.5, 0.6) is 17.2 Å². The van der Waals surface area contributed by atoms with Crippen molar-refractivity contribution in [2.45, 2.75) is 6.42 Å². The first-order valence-electron chi connectivity index (χ1n) is 6.63. The van der Waals surface area contributed by atoms with Gasteiger partial charge in [-0.25, -0.2) is 0 Å². The average molecular weight is 336 g/mol. The Labute approximate surface area is 137 Å². The van der Waals surface area contributed by atoms with Gasteiger partial charge in [-0.15, -0.1) is 0 Å². The molecule has 0 saturated carbocycles. The molecule has 0 saturated heterocycles. The van der Waals surface area contributed by atoms with Crippen LogP contribution in [-0.2, 0) is 6.42 Å². The molecule has 2 aromatic rings. The predicted molar refractivity (Wildman–Crippen MR) is 86.5 cm³/mol. The second-order valence-corrected chi connectivity index (χ2v) is 5.04. The maximum absolute atomic E-state index is 12.1. The van der Waals surface area contributed by atoms with E-state index in [9.17, 15) is 9.59 Å². The number of hydrogen-bond acceptors (Lipinski definition) is 6. The summed E-state index contributed by atoms with van der Waals surface area (Å²) in [7, 11) is 4.52. The van der Waals surface area contributed by atoms with Crippen LogP contribution in [0.4, 0.5) is 0 Å². The highest BCUT2D eigenvalue weighted by Gasteiger charge is 2.16. The molecule has 0 amide bonds. The molecule has 1 aromatic heterocycles. The topological polar surface area (TPSA) is 93.4 Å². The Hall–Kier alpha value is -2.61. The molecule has 2 N–H and O–H groups in total. The van der Waals surface area contributed by atoms with Crippen molar-refractivity contribution in [3.05, 3.63) is 44.1 Å². The molecule has 0 bridgehead atoms. The zero-order valence-corrected chi connectivity index (χ0v) is 13.7. The van der Waals surface area contributed by atoms with E-state index in [1.54, 1.807) is 12.1 Å². The summed E-state index contributed by atoms with van der Waals surface area (Å²) < 4.78 is 15.9. The van der Waals surface area contributed by atoms with Gasteiger partial charge in [0.25, 0.3) is 5.56 Å².